The third kappa shape index (κ3) is 2.36. The summed E-state index contributed by atoms with van der Waals surface area (Å²) < 4.78 is 12.6. The summed E-state index contributed by atoms with van der Waals surface area (Å²) in [5.74, 6) is -0.270. The van der Waals surface area contributed by atoms with Gasteiger partial charge in [0.1, 0.15) is 5.82 Å². The Bertz CT molecular complexity index is 294. The van der Waals surface area contributed by atoms with Gasteiger partial charge in [-0.1, -0.05) is 12.1 Å². The largest absolute Gasteiger partial charge is 0.401 e. The predicted molar refractivity (Wildman–Crippen MR) is 47.6 cm³/mol. The molecule has 2 nitrogen and oxygen atoms in total. The van der Waals surface area contributed by atoms with Gasteiger partial charge in [0.25, 0.3) is 0 Å². The standard InChI is InChI=1S/C9H11FN2/c10-8-3-1-2-7(4-8)5-9(12)6-11/h1-5H,6,11-12H2/b9-5-. The Morgan fingerprint density at radius 1 is 1.50 bits per heavy atom. The summed E-state index contributed by atoms with van der Waals surface area (Å²) >= 11 is 0. The van der Waals surface area contributed by atoms with Gasteiger partial charge in [0, 0.05) is 12.2 Å². The fourth-order valence-electron chi connectivity index (χ4n) is 0.869. The zero-order chi connectivity index (χ0) is 8.97. The van der Waals surface area contributed by atoms with Crippen molar-refractivity contribution in [3.8, 4) is 0 Å². The van der Waals surface area contributed by atoms with Crippen molar-refractivity contribution in [1.82, 2.24) is 0 Å². The maximum Gasteiger partial charge on any atom is 0.123 e. The second kappa shape index (κ2) is 3.88. The highest BCUT2D eigenvalue weighted by atomic mass is 19.1. The lowest BCUT2D eigenvalue weighted by Crippen LogP contribution is -2.10. The van der Waals surface area contributed by atoms with Crippen LogP contribution in [-0.2, 0) is 0 Å². The Morgan fingerprint density at radius 3 is 2.83 bits per heavy atom. The second-order valence-electron chi connectivity index (χ2n) is 2.48. The number of nitrogens with two attached hydrogens (primary N) is 2. The van der Waals surface area contributed by atoms with Gasteiger partial charge in [-0.25, -0.2) is 4.39 Å². The molecular formula is C9H11FN2. The molecule has 0 unspecified atom stereocenters. The van der Waals surface area contributed by atoms with Crippen LogP contribution in [0.2, 0.25) is 0 Å². The summed E-state index contributed by atoms with van der Waals surface area (Å²) in [4.78, 5) is 0. The minimum absolute atomic E-state index is 0.270. The SMILES string of the molecule is NC/C(N)=C/c1cccc(F)c1. The van der Waals surface area contributed by atoms with Crippen LogP contribution in [0.15, 0.2) is 30.0 Å². The van der Waals surface area contributed by atoms with Gasteiger partial charge in [-0.05, 0) is 23.8 Å². The summed E-state index contributed by atoms with van der Waals surface area (Å²) in [6, 6.07) is 6.19. The zero-order valence-corrected chi connectivity index (χ0v) is 6.63. The van der Waals surface area contributed by atoms with Crippen molar-refractivity contribution in [2.75, 3.05) is 6.54 Å². The molecule has 64 valence electrons. The molecule has 3 heteroatoms. The molecule has 0 aliphatic heterocycles. The van der Waals surface area contributed by atoms with E-state index in [1.165, 1.54) is 12.1 Å². The summed E-state index contributed by atoms with van der Waals surface area (Å²) in [5, 5.41) is 0. The summed E-state index contributed by atoms with van der Waals surface area (Å²) in [6.07, 6.45) is 1.66. The molecule has 1 aromatic rings. The minimum Gasteiger partial charge on any atom is -0.401 e. The number of rotatable bonds is 2. The fourth-order valence-corrected chi connectivity index (χ4v) is 0.869. The van der Waals surface area contributed by atoms with Crippen molar-refractivity contribution in [2.45, 2.75) is 0 Å². The van der Waals surface area contributed by atoms with E-state index >= 15 is 0 Å². The van der Waals surface area contributed by atoms with Crippen LogP contribution in [0.25, 0.3) is 6.08 Å². The van der Waals surface area contributed by atoms with E-state index in [1.54, 1.807) is 18.2 Å². The third-order valence-electron chi connectivity index (χ3n) is 1.44. The van der Waals surface area contributed by atoms with E-state index < -0.39 is 0 Å². The number of hydrogen-bond donors (Lipinski definition) is 2. The van der Waals surface area contributed by atoms with Crippen LogP contribution in [0, 0.1) is 5.82 Å². The van der Waals surface area contributed by atoms with Gasteiger partial charge < -0.3 is 11.5 Å². The monoisotopic (exact) mass is 166 g/mol. The van der Waals surface area contributed by atoms with Gasteiger partial charge in [0.05, 0.1) is 0 Å². The molecule has 1 rings (SSSR count). The average Bonchev–Trinajstić information content (AvgIpc) is 2.04. The molecule has 0 aromatic heterocycles. The molecule has 0 heterocycles. The summed E-state index contributed by atoms with van der Waals surface area (Å²) in [6.45, 7) is 0.288. The number of hydrogen-bond acceptors (Lipinski definition) is 2. The van der Waals surface area contributed by atoms with Crippen LogP contribution in [-0.4, -0.2) is 6.54 Å². The van der Waals surface area contributed by atoms with E-state index in [2.05, 4.69) is 0 Å². The molecule has 0 fully saturated rings. The predicted octanol–water partition coefficient (Wildman–Crippen LogP) is 1.08. The molecule has 0 atom stereocenters. The highest BCUT2D eigenvalue weighted by molar-refractivity contribution is 5.52. The molecular weight excluding hydrogens is 155 g/mol. The number of halogens is 1. The first-order valence-electron chi connectivity index (χ1n) is 3.64. The molecule has 0 saturated carbocycles. The van der Waals surface area contributed by atoms with E-state index in [1.807, 2.05) is 0 Å². The molecule has 0 radical (unpaired) electrons. The van der Waals surface area contributed by atoms with Crippen molar-refractivity contribution >= 4 is 6.08 Å². The van der Waals surface area contributed by atoms with E-state index in [0.717, 1.165) is 5.56 Å². The summed E-state index contributed by atoms with van der Waals surface area (Å²) in [7, 11) is 0. The molecule has 4 N–H and O–H groups in total. The van der Waals surface area contributed by atoms with Crippen LogP contribution < -0.4 is 11.5 Å². The fraction of sp³-hybridized carbons (Fsp3) is 0.111. The lowest BCUT2D eigenvalue weighted by molar-refractivity contribution is 0.627. The Labute approximate surface area is 70.7 Å². The maximum absolute atomic E-state index is 12.6. The van der Waals surface area contributed by atoms with E-state index in [4.69, 9.17) is 11.5 Å². The van der Waals surface area contributed by atoms with E-state index in [9.17, 15) is 4.39 Å². The first kappa shape index (κ1) is 8.74. The van der Waals surface area contributed by atoms with Crippen molar-refractivity contribution in [3.05, 3.63) is 41.3 Å². The Balaban J connectivity index is 2.89. The van der Waals surface area contributed by atoms with Gasteiger partial charge in [0.2, 0.25) is 0 Å². The average molecular weight is 166 g/mol. The highest BCUT2D eigenvalue weighted by Gasteiger charge is 1.91. The Hall–Kier alpha value is -1.35. The molecule has 0 amide bonds. The molecule has 0 saturated heterocycles. The van der Waals surface area contributed by atoms with Gasteiger partial charge in [-0.15, -0.1) is 0 Å². The maximum atomic E-state index is 12.6. The topological polar surface area (TPSA) is 52.0 Å². The van der Waals surface area contributed by atoms with E-state index in [0.29, 0.717) is 5.70 Å². The quantitative estimate of drug-likeness (QED) is 0.690. The molecule has 0 aliphatic rings. The number of benzene rings is 1. The van der Waals surface area contributed by atoms with Crippen LogP contribution in [0.4, 0.5) is 4.39 Å². The van der Waals surface area contributed by atoms with Crippen LogP contribution in [0.3, 0.4) is 0 Å². The second-order valence-corrected chi connectivity index (χ2v) is 2.48. The van der Waals surface area contributed by atoms with Gasteiger partial charge in [-0.3, -0.25) is 0 Å². The van der Waals surface area contributed by atoms with Gasteiger partial charge in [0.15, 0.2) is 0 Å². The van der Waals surface area contributed by atoms with Crippen molar-refractivity contribution < 1.29 is 4.39 Å². The summed E-state index contributed by atoms with van der Waals surface area (Å²) in [5.41, 5.74) is 12.0. The van der Waals surface area contributed by atoms with E-state index in [-0.39, 0.29) is 12.4 Å². The first-order chi connectivity index (χ1) is 5.72. The van der Waals surface area contributed by atoms with Crippen molar-refractivity contribution in [3.63, 3.8) is 0 Å². The highest BCUT2D eigenvalue weighted by Crippen LogP contribution is 2.05. The third-order valence-corrected chi connectivity index (χ3v) is 1.44. The molecule has 0 bridgehead atoms. The van der Waals surface area contributed by atoms with Crippen molar-refractivity contribution in [2.24, 2.45) is 11.5 Å². The smallest absolute Gasteiger partial charge is 0.123 e. The van der Waals surface area contributed by atoms with Crippen LogP contribution in [0.5, 0.6) is 0 Å². The molecule has 12 heavy (non-hydrogen) atoms. The lowest BCUT2D eigenvalue weighted by Gasteiger charge is -1.96. The Morgan fingerprint density at radius 2 is 2.25 bits per heavy atom. The van der Waals surface area contributed by atoms with Crippen molar-refractivity contribution in [1.29, 1.82) is 0 Å². The molecule has 1 aromatic carbocycles. The zero-order valence-electron chi connectivity index (χ0n) is 6.63. The normalized spacial score (nSPS) is 11.7. The van der Waals surface area contributed by atoms with Crippen LogP contribution in [0.1, 0.15) is 5.56 Å². The molecule has 0 aliphatic carbocycles. The first-order valence-corrected chi connectivity index (χ1v) is 3.64. The van der Waals surface area contributed by atoms with Gasteiger partial charge >= 0.3 is 0 Å². The Kier molecular flexibility index (Phi) is 2.82. The van der Waals surface area contributed by atoms with Crippen LogP contribution >= 0.6 is 0 Å². The lowest BCUT2D eigenvalue weighted by atomic mass is 10.2. The molecule has 0 spiro atoms. The minimum atomic E-state index is -0.270. The van der Waals surface area contributed by atoms with Gasteiger partial charge in [-0.2, -0.15) is 0 Å².